The number of pyridine rings is 1. The van der Waals surface area contributed by atoms with Crippen LogP contribution < -0.4 is 10.1 Å². The van der Waals surface area contributed by atoms with Gasteiger partial charge < -0.3 is 24.6 Å². The monoisotopic (exact) mass is 1070 g/mol. The number of unbranched alkanes of at least 4 members (excludes halogenated alkanes) is 6. The number of nitrogens with zero attached hydrogens (tertiary/aromatic N) is 2. The van der Waals surface area contributed by atoms with Gasteiger partial charge in [-0.3, -0.25) is 9.59 Å². The van der Waals surface area contributed by atoms with Crippen molar-refractivity contribution in [3.8, 4) is 11.9 Å². The molecule has 1 heterocycles. The van der Waals surface area contributed by atoms with Gasteiger partial charge in [-0.15, -0.1) is 0 Å². The zero-order chi connectivity index (χ0) is 55.0. The molecule has 0 aromatic carbocycles. The molecule has 7 aliphatic carbocycles. The molecule has 0 spiro atoms. The Labute approximate surface area is 458 Å². The molecular weight excluding hydrogens is 971 g/mol. The van der Waals surface area contributed by atoms with E-state index < -0.39 is 33.1 Å². The number of carbonyl (C=O) groups is 2. The molecule has 0 saturated heterocycles. The summed E-state index contributed by atoms with van der Waals surface area (Å²) in [7, 11) is -3.10. The summed E-state index contributed by atoms with van der Waals surface area (Å²) in [6.07, 6.45) is 29.5. The zero-order valence-electron chi connectivity index (χ0n) is 48.3. The van der Waals surface area contributed by atoms with E-state index in [1.54, 1.807) is 25.3 Å². The third kappa shape index (κ3) is 11.3. The van der Waals surface area contributed by atoms with Crippen molar-refractivity contribution in [3.05, 3.63) is 59.3 Å². The molecule has 1 aromatic heterocycles. The Hall–Kier alpha value is -3.53. The fourth-order valence-corrected chi connectivity index (χ4v) is 19.1. The molecule has 12 heteroatoms. The highest BCUT2D eigenvalue weighted by atomic mass is 32.2. The molecule has 76 heavy (non-hydrogen) atoms. The van der Waals surface area contributed by atoms with Gasteiger partial charge in [-0.05, 0) is 204 Å². The number of esters is 2. The van der Waals surface area contributed by atoms with Gasteiger partial charge in [-0.25, -0.2) is 13.4 Å². The number of hydrogen-bond acceptors (Lipinski definition) is 11. The van der Waals surface area contributed by atoms with Crippen LogP contribution in [-0.2, 0) is 28.9 Å². The topological polar surface area (TPSA) is 165 Å². The number of rotatable bonds is 21. The molecule has 2 N–H and O–H groups in total. The number of nitriles is 1. The Kier molecular flexibility index (Phi) is 17.7. The number of allylic oxidation sites excluding steroid dienone is 5. The van der Waals surface area contributed by atoms with Crippen LogP contribution in [0.3, 0.4) is 0 Å². The van der Waals surface area contributed by atoms with Gasteiger partial charge in [-0.2, -0.15) is 5.26 Å². The van der Waals surface area contributed by atoms with Crippen molar-refractivity contribution in [2.45, 2.75) is 239 Å². The number of nitrogens with one attached hydrogen (secondary N) is 1. The maximum atomic E-state index is 14.4. The highest BCUT2D eigenvalue weighted by Crippen LogP contribution is 2.76. The van der Waals surface area contributed by atoms with Crippen LogP contribution in [-0.4, -0.2) is 72.5 Å². The van der Waals surface area contributed by atoms with E-state index in [-0.39, 0.29) is 50.9 Å². The van der Waals surface area contributed by atoms with Gasteiger partial charge in [0.2, 0.25) is 12.2 Å². The van der Waals surface area contributed by atoms with Crippen LogP contribution in [0.2, 0.25) is 0 Å². The van der Waals surface area contributed by atoms with Gasteiger partial charge in [0.05, 0.1) is 10.9 Å². The SMILES string of the molecule is C=C(C)[C@@H]1CC[C@]2(NCC[C@]3(O)CC[C@@H](S(C)(=O)=O)CC3)CC[C@]3(C)[C@H](CC[C@@H]4[C@@]5(C)CC=C(C6=CC[C@@](COc7ncccc7C#N)(C(=O)OC(C)OC(=O)CCCCCCCCC)CC6)C(C)(C)[C@@H]5CC[C@]43C)[C@@H]12. The molecule has 8 rings (SSSR count). The number of fused-ring (bicyclic) bond motifs is 7. The predicted octanol–water partition coefficient (Wildman–Crippen LogP) is 13.6. The molecule has 5 saturated carbocycles. The van der Waals surface area contributed by atoms with E-state index in [9.17, 15) is 28.4 Å². The number of carbonyl (C=O) groups excluding carboxylic acids is 2. The van der Waals surface area contributed by atoms with Crippen LogP contribution in [0.15, 0.2) is 53.8 Å². The lowest BCUT2D eigenvalue weighted by Gasteiger charge is -2.72. The van der Waals surface area contributed by atoms with Crippen LogP contribution in [0, 0.1) is 68.0 Å². The second-order valence-corrected chi connectivity index (χ2v) is 29.4. The molecule has 1 aromatic rings. The van der Waals surface area contributed by atoms with Crippen molar-refractivity contribution in [2.75, 3.05) is 19.4 Å². The van der Waals surface area contributed by atoms with Gasteiger partial charge in [0.15, 0.2) is 0 Å². The fraction of sp³-hybridized carbons (Fsp3) is 0.781. The number of sulfone groups is 1. The van der Waals surface area contributed by atoms with E-state index >= 15 is 0 Å². The lowest BCUT2D eigenvalue weighted by atomic mass is 9.33. The number of aromatic nitrogens is 1. The molecule has 0 bridgehead atoms. The minimum atomic E-state index is -3.10. The van der Waals surface area contributed by atoms with E-state index in [1.807, 2.05) is 0 Å². The fourth-order valence-electron chi connectivity index (χ4n) is 18.0. The zero-order valence-corrected chi connectivity index (χ0v) is 49.2. The quantitative estimate of drug-likeness (QED) is 0.0521. The Morgan fingerprint density at radius 2 is 1.61 bits per heavy atom. The Bertz CT molecular complexity index is 2500. The van der Waals surface area contributed by atoms with E-state index in [0.29, 0.717) is 92.9 Å². The van der Waals surface area contributed by atoms with Crippen LogP contribution in [0.1, 0.15) is 221 Å². The van der Waals surface area contributed by atoms with Crippen LogP contribution in [0.4, 0.5) is 0 Å². The summed E-state index contributed by atoms with van der Waals surface area (Å²) < 4.78 is 42.5. The lowest BCUT2D eigenvalue weighted by molar-refractivity contribution is -0.221. The predicted molar refractivity (Wildman–Crippen MR) is 300 cm³/mol. The van der Waals surface area contributed by atoms with Crippen LogP contribution >= 0.6 is 0 Å². The maximum absolute atomic E-state index is 14.4. The molecule has 0 amide bonds. The van der Waals surface area contributed by atoms with Crippen molar-refractivity contribution in [3.63, 3.8) is 0 Å². The molecule has 422 valence electrons. The standard InChI is InChI=1S/C64H97N3O8S/c1-11-12-13-14-15-16-17-20-54(68)74-45(4)75-57(69)62(43-73-56-47(42-65)19-18-40-66-56)32-23-46(24-33-62)50-28-30-59(7)52(58(50,5)6)29-31-61(9)53(59)22-21-51-55-49(44(2)3)27-36-64(55,38-37-60(51,61)8)67-41-39-63(70)34-25-48(26-35-63)76(10,71)72/h18-19,23,28,40,45,48-49,51-53,55,67,70H,2,11-17,20-22,24-27,29-39,41,43H2,1,3-10H3/t45?,48-,49-,51+,52-,53+,55+,59-,60+,61+,62+,63+,64-/m0/s1. The van der Waals surface area contributed by atoms with Gasteiger partial charge in [0, 0.05) is 31.3 Å². The Balaban J connectivity index is 0.969. The van der Waals surface area contributed by atoms with Crippen molar-refractivity contribution >= 4 is 21.8 Å². The summed E-state index contributed by atoms with van der Waals surface area (Å²) in [6, 6.07) is 5.52. The first-order valence-electron chi connectivity index (χ1n) is 30.0. The van der Waals surface area contributed by atoms with Crippen molar-refractivity contribution in [1.29, 1.82) is 5.26 Å². The van der Waals surface area contributed by atoms with E-state index in [1.165, 1.54) is 80.8 Å². The number of hydrogen-bond donors (Lipinski definition) is 2. The highest BCUT2D eigenvalue weighted by Gasteiger charge is 2.70. The highest BCUT2D eigenvalue weighted by molar-refractivity contribution is 7.91. The Morgan fingerprint density at radius 1 is 0.882 bits per heavy atom. The minimum Gasteiger partial charge on any atom is -0.475 e. The first-order chi connectivity index (χ1) is 35.9. The number of ether oxygens (including phenoxy) is 3. The molecule has 0 radical (unpaired) electrons. The lowest BCUT2D eigenvalue weighted by Crippen LogP contribution is -2.68. The minimum absolute atomic E-state index is 0.0206. The van der Waals surface area contributed by atoms with Crippen LogP contribution in [0.25, 0.3) is 0 Å². The van der Waals surface area contributed by atoms with Gasteiger partial charge >= 0.3 is 11.9 Å². The molecule has 5 fully saturated rings. The molecular formula is C64H97N3O8S. The van der Waals surface area contributed by atoms with Gasteiger partial charge in [0.1, 0.15) is 33.5 Å². The third-order valence-electron chi connectivity index (χ3n) is 22.5. The summed E-state index contributed by atoms with van der Waals surface area (Å²) >= 11 is 0. The van der Waals surface area contributed by atoms with E-state index in [0.717, 1.165) is 51.5 Å². The van der Waals surface area contributed by atoms with Gasteiger partial charge in [-0.1, -0.05) is 104 Å². The van der Waals surface area contributed by atoms with Crippen molar-refractivity contribution in [1.82, 2.24) is 10.3 Å². The van der Waals surface area contributed by atoms with Crippen molar-refractivity contribution < 1.29 is 37.3 Å². The maximum Gasteiger partial charge on any atom is 0.318 e. The van der Waals surface area contributed by atoms with E-state index in [2.05, 4.69) is 83.6 Å². The largest absolute Gasteiger partial charge is 0.475 e. The smallest absolute Gasteiger partial charge is 0.318 e. The number of aliphatic hydroxyl groups is 1. The molecule has 11 atom stereocenters. The third-order valence-corrected chi connectivity index (χ3v) is 24.2. The summed E-state index contributed by atoms with van der Waals surface area (Å²) in [6.45, 7) is 24.4. The van der Waals surface area contributed by atoms with E-state index in [4.69, 9.17) is 14.2 Å². The average molecular weight is 1070 g/mol. The summed E-state index contributed by atoms with van der Waals surface area (Å²) in [4.78, 5) is 31.6. The first kappa shape index (κ1) is 58.6. The summed E-state index contributed by atoms with van der Waals surface area (Å²) in [5.74, 6) is 1.97. The second-order valence-electron chi connectivity index (χ2n) is 27.1. The second kappa shape index (κ2) is 22.9. The summed E-state index contributed by atoms with van der Waals surface area (Å²) in [5, 5.41) is 25.4. The molecule has 1 unspecified atom stereocenters. The first-order valence-corrected chi connectivity index (χ1v) is 32.0. The average Bonchev–Trinajstić information content (AvgIpc) is 3.93. The normalized spacial score (nSPS) is 37.1. The Morgan fingerprint density at radius 3 is 2.28 bits per heavy atom. The van der Waals surface area contributed by atoms with Crippen molar-refractivity contribution in [2.24, 2.45) is 56.7 Å². The van der Waals surface area contributed by atoms with Gasteiger partial charge in [0.25, 0.3) is 0 Å². The molecule has 0 aliphatic heterocycles. The summed E-state index contributed by atoms with van der Waals surface area (Å²) in [5.41, 5.74) is 2.82. The van der Waals surface area contributed by atoms with Crippen LogP contribution in [0.5, 0.6) is 5.88 Å². The molecule has 7 aliphatic rings. The molecule has 11 nitrogen and oxygen atoms in total.